The fraction of sp³-hybridized carbons (Fsp3) is 0.486. The number of methoxy groups -OCH3 is 2. The molecule has 40 heavy (non-hydrogen) atoms. The molecule has 0 amide bonds. The van der Waals surface area contributed by atoms with Crippen molar-refractivity contribution < 1.29 is 14.2 Å². The molecule has 0 radical (unpaired) electrons. The van der Waals surface area contributed by atoms with Crippen LogP contribution in [0.5, 0.6) is 11.5 Å². The summed E-state index contributed by atoms with van der Waals surface area (Å²) >= 11 is 0. The number of piperazine rings is 1. The lowest BCUT2D eigenvalue weighted by Crippen LogP contribution is -2.48. The van der Waals surface area contributed by atoms with Gasteiger partial charge in [-0.15, -0.1) is 0 Å². The molecular formula is C35H46N2O3. The highest BCUT2D eigenvalue weighted by Crippen LogP contribution is 2.43. The molecule has 1 atom stereocenters. The predicted octanol–water partition coefficient (Wildman–Crippen LogP) is 6.50. The minimum Gasteiger partial charge on any atom is -0.493 e. The van der Waals surface area contributed by atoms with Crippen molar-refractivity contribution in [1.29, 1.82) is 0 Å². The molecule has 3 aromatic rings. The Morgan fingerprint density at radius 1 is 0.800 bits per heavy atom. The highest BCUT2D eigenvalue weighted by Gasteiger charge is 2.38. The summed E-state index contributed by atoms with van der Waals surface area (Å²) in [6.45, 7) is 9.77. The van der Waals surface area contributed by atoms with Crippen LogP contribution in [0.4, 0.5) is 0 Å². The van der Waals surface area contributed by atoms with Crippen LogP contribution >= 0.6 is 0 Å². The molecule has 0 bridgehead atoms. The molecule has 5 rings (SSSR count). The van der Waals surface area contributed by atoms with E-state index in [0.717, 1.165) is 70.1 Å². The van der Waals surface area contributed by atoms with Gasteiger partial charge in [0.1, 0.15) is 0 Å². The largest absolute Gasteiger partial charge is 0.493 e. The molecule has 0 N–H and O–H groups in total. The summed E-state index contributed by atoms with van der Waals surface area (Å²) in [4.78, 5) is 5.28. The second-order valence-corrected chi connectivity index (χ2v) is 11.3. The van der Waals surface area contributed by atoms with Crippen molar-refractivity contribution in [3.05, 3.63) is 95.1 Å². The normalized spacial score (nSPS) is 19.9. The zero-order valence-electron chi connectivity index (χ0n) is 24.6. The number of benzene rings is 3. The molecule has 0 saturated carbocycles. The fourth-order valence-corrected chi connectivity index (χ4v) is 6.65. The van der Waals surface area contributed by atoms with Gasteiger partial charge in [-0.25, -0.2) is 0 Å². The summed E-state index contributed by atoms with van der Waals surface area (Å²) in [5.41, 5.74) is 5.20. The van der Waals surface area contributed by atoms with Gasteiger partial charge in [0, 0.05) is 38.6 Å². The number of fused-ring (bicyclic) bond motifs is 1. The van der Waals surface area contributed by atoms with Crippen molar-refractivity contribution in [1.82, 2.24) is 9.80 Å². The van der Waals surface area contributed by atoms with Gasteiger partial charge in [-0.2, -0.15) is 0 Å². The molecule has 0 spiro atoms. The number of ether oxygens (including phenoxy) is 3. The summed E-state index contributed by atoms with van der Waals surface area (Å²) in [5, 5.41) is 0. The van der Waals surface area contributed by atoms with E-state index in [-0.39, 0.29) is 5.60 Å². The van der Waals surface area contributed by atoms with Gasteiger partial charge in [-0.05, 0) is 73.0 Å². The van der Waals surface area contributed by atoms with Crippen LogP contribution in [0.2, 0.25) is 0 Å². The maximum Gasteiger partial charge on any atom is 0.161 e. The predicted molar refractivity (Wildman–Crippen MR) is 163 cm³/mol. The second-order valence-electron chi connectivity index (χ2n) is 11.3. The lowest BCUT2D eigenvalue weighted by atomic mass is 9.81. The summed E-state index contributed by atoms with van der Waals surface area (Å²) in [6, 6.07) is 26.3. The van der Waals surface area contributed by atoms with Crippen molar-refractivity contribution in [3.63, 3.8) is 0 Å². The highest BCUT2D eigenvalue weighted by molar-refractivity contribution is 5.50. The van der Waals surface area contributed by atoms with Crippen LogP contribution < -0.4 is 9.47 Å². The summed E-state index contributed by atoms with van der Waals surface area (Å²) in [6.07, 6.45) is 5.27. The average Bonchev–Trinajstić information content (AvgIpc) is 3.02. The molecule has 3 aromatic carbocycles. The van der Waals surface area contributed by atoms with Gasteiger partial charge >= 0.3 is 0 Å². The van der Waals surface area contributed by atoms with Crippen LogP contribution in [0, 0.1) is 0 Å². The number of nitrogens with zero attached hydrogens (tertiary/aromatic N) is 2. The van der Waals surface area contributed by atoms with Crippen molar-refractivity contribution in [2.75, 3.05) is 60.1 Å². The SMILES string of the molecule is CCC1(CCN2CCN(CCCC(c3ccccc3)c3ccccc3)CC2)OCCc2cc(OC)c(OC)cc21. The third-order valence-electron chi connectivity index (χ3n) is 9.09. The van der Waals surface area contributed by atoms with Crippen LogP contribution in [-0.2, 0) is 16.8 Å². The molecule has 0 aromatic heterocycles. The first-order chi connectivity index (χ1) is 19.7. The first kappa shape index (κ1) is 28.7. The van der Waals surface area contributed by atoms with E-state index in [0.29, 0.717) is 5.92 Å². The first-order valence-corrected chi connectivity index (χ1v) is 15.1. The highest BCUT2D eigenvalue weighted by atomic mass is 16.5. The minimum atomic E-state index is -0.256. The van der Waals surface area contributed by atoms with Gasteiger partial charge in [-0.3, -0.25) is 0 Å². The molecule has 2 heterocycles. The van der Waals surface area contributed by atoms with Crippen molar-refractivity contribution in [2.24, 2.45) is 0 Å². The van der Waals surface area contributed by atoms with Crippen molar-refractivity contribution in [3.8, 4) is 11.5 Å². The van der Waals surface area contributed by atoms with Gasteiger partial charge in [0.25, 0.3) is 0 Å². The van der Waals surface area contributed by atoms with Gasteiger partial charge in [0.05, 0.1) is 26.4 Å². The topological polar surface area (TPSA) is 34.2 Å². The van der Waals surface area contributed by atoms with Crippen LogP contribution in [0.15, 0.2) is 72.8 Å². The van der Waals surface area contributed by atoms with Gasteiger partial charge in [0.15, 0.2) is 11.5 Å². The molecule has 0 aliphatic carbocycles. The maximum atomic E-state index is 6.54. The Kier molecular flexibility index (Phi) is 9.79. The minimum absolute atomic E-state index is 0.256. The third-order valence-corrected chi connectivity index (χ3v) is 9.09. The first-order valence-electron chi connectivity index (χ1n) is 15.1. The molecule has 1 fully saturated rings. The molecule has 5 heteroatoms. The van der Waals surface area contributed by atoms with Crippen molar-refractivity contribution in [2.45, 2.75) is 50.5 Å². The molecule has 1 saturated heterocycles. The smallest absolute Gasteiger partial charge is 0.161 e. The zero-order chi connectivity index (χ0) is 27.8. The molecule has 1 unspecified atom stereocenters. The zero-order valence-corrected chi connectivity index (χ0v) is 24.6. The second kappa shape index (κ2) is 13.7. The van der Waals surface area contributed by atoms with Crippen molar-refractivity contribution >= 4 is 0 Å². The van der Waals surface area contributed by atoms with E-state index in [1.807, 2.05) is 0 Å². The van der Waals surface area contributed by atoms with E-state index in [1.165, 1.54) is 41.6 Å². The molecule has 2 aliphatic heterocycles. The molecule has 214 valence electrons. The van der Waals surface area contributed by atoms with E-state index in [1.54, 1.807) is 14.2 Å². The third kappa shape index (κ3) is 6.54. The molecule has 5 nitrogen and oxygen atoms in total. The van der Waals surface area contributed by atoms with Crippen LogP contribution in [-0.4, -0.2) is 69.9 Å². The summed E-state index contributed by atoms with van der Waals surface area (Å²) < 4.78 is 17.8. The summed E-state index contributed by atoms with van der Waals surface area (Å²) in [7, 11) is 3.42. The average molecular weight is 543 g/mol. The van der Waals surface area contributed by atoms with Gasteiger partial charge < -0.3 is 24.0 Å². The standard InChI is InChI=1S/C35H46N2O3/c1-4-35(32-27-34(39-3)33(38-2)26-30(32)17-25-40-35)18-20-37-23-21-36(22-24-37)19-11-16-31(28-12-7-5-8-13-28)29-14-9-6-10-15-29/h5-10,12-15,26-27,31H,4,11,16-25H2,1-3H3. The lowest BCUT2D eigenvalue weighted by molar-refractivity contribution is -0.0755. The van der Waals surface area contributed by atoms with E-state index in [9.17, 15) is 0 Å². The summed E-state index contributed by atoms with van der Waals surface area (Å²) in [5.74, 6) is 2.06. The van der Waals surface area contributed by atoms with E-state index in [2.05, 4.69) is 89.5 Å². The monoisotopic (exact) mass is 542 g/mol. The Morgan fingerprint density at radius 2 is 1.38 bits per heavy atom. The fourth-order valence-electron chi connectivity index (χ4n) is 6.65. The van der Waals surface area contributed by atoms with E-state index < -0.39 is 0 Å². The number of hydrogen-bond donors (Lipinski definition) is 0. The Labute approximate surface area is 241 Å². The van der Waals surface area contributed by atoms with E-state index >= 15 is 0 Å². The maximum absolute atomic E-state index is 6.54. The Morgan fingerprint density at radius 3 is 1.95 bits per heavy atom. The quantitative estimate of drug-likeness (QED) is 0.261. The Balaban J connectivity index is 1.13. The number of hydrogen-bond acceptors (Lipinski definition) is 5. The van der Waals surface area contributed by atoms with E-state index in [4.69, 9.17) is 14.2 Å². The van der Waals surface area contributed by atoms with Gasteiger partial charge in [-0.1, -0.05) is 67.6 Å². The van der Waals surface area contributed by atoms with Crippen LogP contribution in [0.3, 0.4) is 0 Å². The van der Waals surface area contributed by atoms with Crippen LogP contribution in [0.1, 0.15) is 60.8 Å². The molecule has 2 aliphatic rings. The number of rotatable bonds is 12. The van der Waals surface area contributed by atoms with Crippen LogP contribution in [0.25, 0.3) is 0 Å². The lowest BCUT2D eigenvalue weighted by Gasteiger charge is -2.41. The van der Waals surface area contributed by atoms with Gasteiger partial charge in [0.2, 0.25) is 0 Å². The Bertz CT molecular complexity index is 1150. The Hall–Kier alpha value is -2.86. The molecular weight excluding hydrogens is 496 g/mol.